The Labute approximate surface area is 69.5 Å². The third-order valence-corrected chi connectivity index (χ3v) is 1.93. The molecule has 0 radical (unpaired) electrons. The van der Waals surface area contributed by atoms with Gasteiger partial charge < -0.3 is 5.11 Å². The molecule has 0 fully saturated rings. The van der Waals surface area contributed by atoms with E-state index in [1.54, 1.807) is 6.08 Å². The highest BCUT2D eigenvalue weighted by molar-refractivity contribution is 6.09. The molecule has 1 aliphatic carbocycles. The topological polar surface area (TPSA) is 37.3 Å². The molecule has 60 valence electrons. The summed E-state index contributed by atoms with van der Waals surface area (Å²) in [6.45, 7) is 0. The molecule has 0 amide bonds. The SMILES string of the molecule is O=C1C=c2ccccc2=C(O)C1. The van der Waals surface area contributed by atoms with Gasteiger partial charge in [0.05, 0.1) is 6.42 Å². The van der Waals surface area contributed by atoms with Crippen molar-refractivity contribution in [2.24, 2.45) is 0 Å². The molecule has 0 aromatic heterocycles. The van der Waals surface area contributed by atoms with E-state index < -0.39 is 0 Å². The third kappa shape index (κ3) is 1.01. The van der Waals surface area contributed by atoms with Crippen LogP contribution < -0.4 is 10.4 Å². The highest BCUT2D eigenvalue weighted by Crippen LogP contribution is 1.99. The summed E-state index contributed by atoms with van der Waals surface area (Å²) in [6, 6.07) is 7.33. The maximum atomic E-state index is 11.0. The molecule has 1 aromatic carbocycles. The number of rotatable bonds is 0. The summed E-state index contributed by atoms with van der Waals surface area (Å²) in [5, 5.41) is 11.0. The summed E-state index contributed by atoms with van der Waals surface area (Å²) < 4.78 is 0. The number of carbonyl (C=O) groups is 1. The Balaban J connectivity index is 2.90. The van der Waals surface area contributed by atoms with E-state index in [4.69, 9.17) is 0 Å². The zero-order valence-electron chi connectivity index (χ0n) is 6.45. The van der Waals surface area contributed by atoms with Gasteiger partial charge in [-0.1, -0.05) is 24.3 Å². The van der Waals surface area contributed by atoms with Gasteiger partial charge in [-0.2, -0.15) is 0 Å². The zero-order valence-corrected chi connectivity index (χ0v) is 6.45. The first kappa shape index (κ1) is 7.10. The lowest BCUT2D eigenvalue weighted by Gasteiger charge is -2.02. The highest BCUT2D eigenvalue weighted by Gasteiger charge is 2.07. The standard InChI is InChI=1S/C10H8O2/c11-8-5-7-3-1-2-4-9(7)10(12)6-8/h1-5,12H,6H2. The normalized spacial score (nSPS) is 15.3. The third-order valence-electron chi connectivity index (χ3n) is 1.93. The molecule has 0 aliphatic heterocycles. The number of hydrogen-bond acceptors (Lipinski definition) is 2. The van der Waals surface area contributed by atoms with Gasteiger partial charge in [0.1, 0.15) is 5.76 Å². The van der Waals surface area contributed by atoms with Crippen molar-refractivity contribution in [2.45, 2.75) is 6.42 Å². The lowest BCUT2D eigenvalue weighted by atomic mass is 10.1. The quantitative estimate of drug-likeness (QED) is 0.584. The van der Waals surface area contributed by atoms with Crippen LogP contribution in [0.2, 0.25) is 0 Å². The van der Waals surface area contributed by atoms with Crippen molar-refractivity contribution in [3.8, 4) is 0 Å². The second-order valence-electron chi connectivity index (χ2n) is 2.82. The first-order valence-corrected chi connectivity index (χ1v) is 3.79. The second kappa shape index (κ2) is 2.48. The van der Waals surface area contributed by atoms with Crippen LogP contribution in [0.4, 0.5) is 0 Å². The highest BCUT2D eigenvalue weighted by atomic mass is 16.3. The van der Waals surface area contributed by atoms with E-state index in [0.29, 0.717) is 0 Å². The lowest BCUT2D eigenvalue weighted by Crippen LogP contribution is -2.31. The van der Waals surface area contributed by atoms with E-state index in [1.165, 1.54) is 0 Å². The van der Waals surface area contributed by atoms with Crippen LogP contribution >= 0.6 is 0 Å². The molecule has 1 N–H and O–H groups in total. The van der Waals surface area contributed by atoms with Crippen molar-refractivity contribution in [2.75, 3.05) is 0 Å². The number of Topliss-reactive ketones (excluding diaryl/α,β-unsaturated/α-hetero) is 1. The maximum Gasteiger partial charge on any atom is 0.163 e. The predicted octanol–water partition coefficient (Wildman–Crippen LogP) is 0.106. The molecule has 12 heavy (non-hydrogen) atoms. The van der Waals surface area contributed by atoms with E-state index in [9.17, 15) is 9.90 Å². The Morgan fingerprint density at radius 3 is 2.83 bits per heavy atom. The molecular weight excluding hydrogens is 152 g/mol. The molecule has 1 aromatic rings. The van der Waals surface area contributed by atoms with Crippen molar-refractivity contribution in [3.63, 3.8) is 0 Å². The average molecular weight is 160 g/mol. The fourth-order valence-corrected chi connectivity index (χ4v) is 1.37. The Morgan fingerprint density at radius 2 is 2.00 bits per heavy atom. The number of aliphatic hydroxyl groups is 1. The van der Waals surface area contributed by atoms with E-state index in [2.05, 4.69) is 0 Å². The van der Waals surface area contributed by atoms with Crippen LogP contribution in [-0.4, -0.2) is 10.9 Å². The fraction of sp³-hybridized carbons (Fsp3) is 0.100. The molecule has 0 unspecified atom stereocenters. The Kier molecular flexibility index (Phi) is 1.47. The molecule has 2 heteroatoms. The molecular formula is C10H8O2. The van der Waals surface area contributed by atoms with Gasteiger partial charge in [0.25, 0.3) is 0 Å². The van der Waals surface area contributed by atoms with Gasteiger partial charge in [-0.3, -0.25) is 4.79 Å². The van der Waals surface area contributed by atoms with Gasteiger partial charge in [0.2, 0.25) is 0 Å². The smallest absolute Gasteiger partial charge is 0.163 e. The van der Waals surface area contributed by atoms with Crippen LogP contribution in [0.15, 0.2) is 24.3 Å². The number of aliphatic hydroxyl groups excluding tert-OH is 1. The van der Waals surface area contributed by atoms with Crippen LogP contribution in [0.5, 0.6) is 0 Å². The Morgan fingerprint density at radius 1 is 1.25 bits per heavy atom. The summed E-state index contributed by atoms with van der Waals surface area (Å²) in [4.78, 5) is 11.0. The lowest BCUT2D eigenvalue weighted by molar-refractivity contribution is -0.112. The van der Waals surface area contributed by atoms with E-state index in [1.807, 2.05) is 24.3 Å². The minimum atomic E-state index is -0.0359. The van der Waals surface area contributed by atoms with Gasteiger partial charge in [-0.15, -0.1) is 0 Å². The first-order chi connectivity index (χ1) is 5.77. The Hall–Kier alpha value is -1.57. The molecule has 0 heterocycles. The maximum absolute atomic E-state index is 11.0. The van der Waals surface area contributed by atoms with Gasteiger partial charge in [-0.05, 0) is 11.3 Å². The molecule has 0 saturated carbocycles. The van der Waals surface area contributed by atoms with Gasteiger partial charge in [-0.25, -0.2) is 0 Å². The number of carbonyl (C=O) groups excluding carboxylic acids is 1. The van der Waals surface area contributed by atoms with Crippen LogP contribution in [0, 0.1) is 0 Å². The van der Waals surface area contributed by atoms with Gasteiger partial charge in [0.15, 0.2) is 5.78 Å². The minimum Gasteiger partial charge on any atom is -0.511 e. The van der Waals surface area contributed by atoms with Crippen LogP contribution in [0.3, 0.4) is 0 Å². The zero-order chi connectivity index (χ0) is 8.55. The van der Waals surface area contributed by atoms with Gasteiger partial charge in [0, 0.05) is 5.22 Å². The van der Waals surface area contributed by atoms with E-state index in [0.717, 1.165) is 10.4 Å². The predicted molar refractivity (Wildman–Crippen MR) is 45.8 cm³/mol. The summed E-state index contributed by atoms with van der Waals surface area (Å²) in [5.74, 6) is 0.143. The van der Waals surface area contributed by atoms with Crippen molar-refractivity contribution in [1.82, 2.24) is 0 Å². The molecule has 0 bridgehead atoms. The first-order valence-electron chi connectivity index (χ1n) is 3.79. The van der Waals surface area contributed by atoms with Crippen molar-refractivity contribution in [3.05, 3.63) is 34.7 Å². The van der Waals surface area contributed by atoms with Crippen molar-refractivity contribution >= 4 is 17.6 Å². The fourth-order valence-electron chi connectivity index (χ4n) is 1.37. The Bertz CT molecular complexity index is 443. The van der Waals surface area contributed by atoms with Crippen LogP contribution in [0.25, 0.3) is 11.8 Å². The number of ketones is 1. The van der Waals surface area contributed by atoms with Crippen LogP contribution in [0.1, 0.15) is 6.42 Å². The molecule has 1 aliphatic rings. The van der Waals surface area contributed by atoms with Gasteiger partial charge >= 0.3 is 0 Å². The molecule has 2 rings (SSSR count). The summed E-state index contributed by atoms with van der Waals surface area (Å²) in [6.07, 6.45) is 1.70. The summed E-state index contributed by atoms with van der Waals surface area (Å²) in [7, 11) is 0. The molecule has 0 spiro atoms. The van der Waals surface area contributed by atoms with E-state index in [-0.39, 0.29) is 18.0 Å². The van der Waals surface area contributed by atoms with Crippen LogP contribution in [-0.2, 0) is 4.79 Å². The van der Waals surface area contributed by atoms with E-state index >= 15 is 0 Å². The number of hydrogen-bond donors (Lipinski definition) is 1. The minimum absolute atomic E-state index is 0.0359. The summed E-state index contributed by atoms with van der Waals surface area (Å²) >= 11 is 0. The monoisotopic (exact) mass is 160 g/mol. The molecule has 0 saturated heterocycles. The summed E-state index contributed by atoms with van der Waals surface area (Å²) in [5.41, 5.74) is 0. The van der Waals surface area contributed by atoms with Crippen molar-refractivity contribution < 1.29 is 9.90 Å². The van der Waals surface area contributed by atoms with Crippen molar-refractivity contribution in [1.29, 1.82) is 0 Å². The second-order valence-corrected chi connectivity index (χ2v) is 2.82. The number of fused-ring (bicyclic) bond motifs is 1. The average Bonchev–Trinajstić information content (AvgIpc) is 2.04. The molecule has 2 nitrogen and oxygen atoms in total. The number of benzene rings is 1. The molecule has 0 atom stereocenters. The largest absolute Gasteiger partial charge is 0.511 e.